The first-order valence-corrected chi connectivity index (χ1v) is 9.96. The fourth-order valence-corrected chi connectivity index (χ4v) is 4.01. The molecule has 0 saturated carbocycles. The minimum atomic E-state index is -0.789. The number of rotatable bonds is 3. The number of hydrogen-bond donors (Lipinski definition) is 0. The lowest BCUT2D eigenvalue weighted by Gasteiger charge is -2.37. The SMILES string of the molecule is Cc1ccc(C(=O)[C@H]2Oc3ccccc3[C@H]3CC(c4ccc(Cl)cc4)=NN23)cc1. The lowest BCUT2D eigenvalue weighted by Crippen LogP contribution is -2.45. The summed E-state index contributed by atoms with van der Waals surface area (Å²) in [6.45, 7) is 2.00. The number of fused-ring (bicyclic) bond motifs is 3. The Bertz CT molecular complexity index is 1110. The summed E-state index contributed by atoms with van der Waals surface area (Å²) in [6, 6.07) is 23.0. The van der Waals surface area contributed by atoms with Crippen LogP contribution in [0.2, 0.25) is 5.02 Å². The molecule has 0 spiro atoms. The van der Waals surface area contributed by atoms with Gasteiger partial charge in [-0.2, -0.15) is 5.10 Å². The molecule has 5 heteroatoms. The standard InChI is InChI=1S/C24H19ClN2O2/c1-15-6-8-17(9-7-15)23(28)24-27-21(19-4-2-3-5-22(19)29-24)14-20(26-27)16-10-12-18(25)13-11-16/h2-13,21,24H,14H2,1H3/t21-,24-/m1/s1. The molecule has 0 N–H and O–H groups in total. The minimum Gasteiger partial charge on any atom is -0.461 e. The second-order valence-electron chi connectivity index (χ2n) is 7.39. The Morgan fingerprint density at radius 1 is 1.03 bits per heavy atom. The van der Waals surface area contributed by atoms with Crippen LogP contribution in [0.3, 0.4) is 0 Å². The van der Waals surface area contributed by atoms with Gasteiger partial charge in [-0.25, -0.2) is 5.01 Å². The second-order valence-corrected chi connectivity index (χ2v) is 7.83. The summed E-state index contributed by atoms with van der Waals surface area (Å²) in [5.41, 5.74) is 4.71. The molecule has 0 aliphatic carbocycles. The van der Waals surface area contributed by atoms with Crippen LogP contribution < -0.4 is 4.74 Å². The third-order valence-corrected chi connectivity index (χ3v) is 5.69. The van der Waals surface area contributed by atoms with Crippen molar-refractivity contribution in [2.24, 2.45) is 5.10 Å². The van der Waals surface area contributed by atoms with Gasteiger partial charge in [0, 0.05) is 22.6 Å². The quantitative estimate of drug-likeness (QED) is 0.551. The number of ether oxygens (including phenoxy) is 1. The highest BCUT2D eigenvalue weighted by atomic mass is 35.5. The number of Topliss-reactive ketones (excluding diaryl/α,β-unsaturated/α-hetero) is 1. The molecule has 0 bridgehead atoms. The van der Waals surface area contributed by atoms with Crippen molar-refractivity contribution >= 4 is 23.1 Å². The summed E-state index contributed by atoms with van der Waals surface area (Å²) >= 11 is 6.04. The van der Waals surface area contributed by atoms with Crippen molar-refractivity contribution in [3.63, 3.8) is 0 Å². The van der Waals surface area contributed by atoms with E-state index in [1.807, 2.05) is 84.7 Å². The average molecular weight is 403 g/mol. The average Bonchev–Trinajstić information content (AvgIpc) is 3.19. The maximum Gasteiger partial charge on any atom is 0.251 e. The van der Waals surface area contributed by atoms with Crippen LogP contribution in [0.15, 0.2) is 77.9 Å². The van der Waals surface area contributed by atoms with Gasteiger partial charge in [0.05, 0.1) is 11.8 Å². The second kappa shape index (κ2) is 7.05. The van der Waals surface area contributed by atoms with E-state index >= 15 is 0 Å². The number of aryl methyl sites for hydroxylation is 1. The highest BCUT2D eigenvalue weighted by Crippen LogP contribution is 2.43. The van der Waals surface area contributed by atoms with Gasteiger partial charge in [-0.3, -0.25) is 4.79 Å². The third kappa shape index (κ3) is 3.19. The highest BCUT2D eigenvalue weighted by Gasteiger charge is 2.43. The van der Waals surface area contributed by atoms with E-state index in [1.165, 1.54) is 0 Å². The van der Waals surface area contributed by atoms with Crippen molar-refractivity contribution < 1.29 is 9.53 Å². The molecule has 29 heavy (non-hydrogen) atoms. The maximum atomic E-state index is 13.3. The molecular formula is C24H19ClN2O2. The molecule has 2 heterocycles. The number of hydrogen-bond acceptors (Lipinski definition) is 4. The summed E-state index contributed by atoms with van der Waals surface area (Å²) in [5, 5.41) is 7.32. The smallest absolute Gasteiger partial charge is 0.251 e. The van der Waals surface area contributed by atoms with Gasteiger partial charge in [-0.15, -0.1) is 0 Å². The molecule has 0 amide bonds. The van der Waals surface area contributed by atoms with E-state index in [0.717, 1.165) is 28.2 Å². The number of hydrazone groups is 1. The van der Waals surface area contributed by atoms with Gasteiger partial charge >= 0.3 is 0 Å². The van der Waals surface area contributed by atoms with Crippen LogP contribution in [0, 0.1) is 6.92 Å². The largest absolute Gasteiger partial charge is 0.461 e. The van der Waals surface area contributed by atoms with Gasteiger partial charge in [0.2, 0.25) is 5.78 Å². The number of carbonyl (C=O) groups excluding carboxylic acids is 1. The molecule has 5 rings (SSSR count). The number of benzene rings is 3. The first-order chi connectivity index (χ1) is 14.1. The number of carbonyl (C=O) groups is 1. The van der Waals surface area contributed by atoms with E-state index in [0.29, 0.717) is 17.0 Å². The molecule has 0 unspecified atom stereocenters. The highest BCUT2D eigenvalue weighted by molar-refractivity contribution is 6.30. The minimum absolute atomic E-state index is 0.0370. The summed E-state index contributed by atoms with van der Waals surface area (Å²) < 4.78 is 6.14. The van der Waals surface area contributed by atoms with Crippen molar-refractivity contribution in [2.45, 2.75) is 25.6 Å². The molecule has 2 aliphatic heterocycles. The van der Waals surface area contributed by atoms with Crippen LogP contribution >= 0.6 is 11.6 Å². The normalized spacial score (nSPS) is 19.8. The number of para-hydroxylation sites is 1. The third-order valence-electron chi connectivity index (χ3n) is 5.44. The molecule has 3 aromatic rings. The zero-order chi connectivity index (χ0) is 20.0. The van der Waals surface area contributed by atoms with Gasteiger partial charge in [-0.1, -0.05) is 71.8 Å². The van der Waals surface area contributed by atoms with Crippen LogP contribution in [0.25, 0.3) is 0 Å². The van der Waals surface area contributed by atoms with Crippen LogP contribution in [0.1, 0.15) is 39.5 Å². The molecule has 0 aromatic heterocycles. The van der Waals surface area contributed by atoms with Crippen LogP contribution in [-0.2, 0) is 0 Å². The van der Waals surface area contributed by atoms with Gasteiger partial charge in [0.25, 0.3) is 6.23 Å². The van der Waals surface area contributed by atoms with Gasteiger partial charge in [-0.05, 0) is 30.7 Å². The molecule has 144 valence electrons. The van der Waals surface area contributed by atoms with Gasteiger partial charge in [0.15, 0.2) is 0 Å². The summed E-state index contributed by atoms with van der Waals surface area (Å²) in [5.74, 6) is 0.650. The summed E-state index contributed by atoms with van der Waals surface area (Å²) in [6.07, 6.45) is -0.0814. The van der Waals surface area contributed by atoms with Crippen LogP contribution in [0.4, 0.5) is 0 Å². The van der Waals surface area contributed by atoms with E-state index < -0.39 is 6.23 Å². The lowest BCUT2D eigenvalue weighted by molar-refractivity contribution is -0.00455. The Morgan fingerprint density at radius 3 is 2.52 bits per heavy atom. The summed E-state index contributed by atoms with van der Waals surface area (Å²) in [7, 11) is 0. The van der Waals surface area contributed by atoms with Crippen molar-refractivity contribution in [3.05, 3.63) is 100 Å². The van der Waals surface area contributed by atoms with Crippen LogP contribution in [0.5, 0.6) is 5.75 Å². The molecule has 2 aliphatic rings. The fourth-order valence-electron chi connectivity index (χ4n) is 3.88. The predicted octanol–water partition coefficient (Wildman–Crippen LogP) is 5.40. The first kappa shape index (κ1) is 18.0. The topological polar surface area (TPSA) is 41.9 Å². The van der Waals surface area contributed by atoms with Gasteiger partial charge in [0.1, 0.15) is 5.75 Å². The Balaban J connectivity index is 1.55. The van der Waals surface area contributed by atoms with E-state index in [4.69, 9.17) is 21.4 Å². The Hall–Kier alpha value is -3.11. The molecule has 4 nitrogen and oxygen atoms in total. The number of ketones is 1. The molecule has 3 aromatic carbocycles. The van der Waals surface area contributed by atoms with Crippen molar-refractivity contribution in [3.8, 4) is 5.75 Å². The fraction of sp³-hybridized carbons (Fsp3) is 0.167. The predicted molar refractivity (Wildman–Crippen MR) is 114 cm³/mol. The lowest BCUT2D eigenvalue weighted by atomic mass is 9.95. The molecule has 0 fully saturated rings. The van der Waals surface area contributed by atoms with Crippen LogP contribution in [-0.4, -0.2) is 22.7 Å². The molecular weight excluding hydrogens is 384 g/mol. The number of halogens is 1. The van der Waals surface area contributed by atoms with E-state index in [-0.39, 0.29) is 11.8 Å². The number of nitrogens with zero attached hydrogens (tertiary/aromatic N) is 2. The van der Waals surface area contributed by atoms with E-state index in [2.05, 4.69) is 0 Å². The zero-order valence-electron chi connectivity index (χ0n) is 15.9. The Labute approximate surface area is 174 Å². The van der Waals surface area contributed by atoms with Crippen molar-refractivity contribution in [1.29, 1.82) is 0 Å². The molecule has 0 radical (unpaired) electrons. The van der Waals surface area contributed by atoms with Crippen molar-refractivity contribution in [1.82, 2.24) is 5.01 Å². The molecule has 2 atom stereocenters. The monoisotopic (exact) mass is 402 g/mol. The first-order valence-electron chi connectivity index (χ1n) is 9.58. The zero-order valence-corrected chi connectivity index (χ0v) is 16.6. The summed E-state index contributed by atoms with van der Waals surface area (Å²) in [4.78, 5) is 13.3. The Morgan fingerprint density at radius 2 is 1.76 bits per heavy atom. The van der Waals surface area contributed by atoms with Crippen molar-refractivity contribution in [2.75, 3.05) is 0 Å². The molecule has 0 saturated heterocycles. The van der Waals surface area contributed by atoms with Gasteiger partial charge < -0.3 is 4.74 Å². The Kier molecular flexibility index (Phi) is 4.36. The van der Waals surface area contributed by atoms with E-state index in [9.17, 15) is 4.79 Å². The maximum absolute atomic E-state index is 13.3. The van der Waals surface area contributed by atoms with E-state index in [1.54, 1.807) is 0 Å².